The summed E-state index contributed by atoms with van der Waals surface area (Å²) in [5.74, 6) is -2.56. The lowest BCUT2D eigenvalue weighted by Crippen LogP contribution is -2.30. The van der Waals surface area contributed by atoms with Crippen LogP contribution in [0.3, 0.4) is 0 Å². The van der Waals surface area contributed by atoms with Crippen molar-refractivity contribution in [2.45, 2.75) is 32.4 Å². The van der Waals surface area contributed by atoms with Crippen molar-refractivity contribution in [3.8, 4) is 0 Å². The van der Waals surface area contributed by atoms with E-state index in [1.807, 2.05) is 0 Å². The van der Waals surface area contributed by atoms with Crippen LogP contribution < -0.4 is 4.90 Å². The van der Waals surface area contributed by atoms with Gasteiger partial charge in [-0.25, -0.2) is 18.6 Å². The number of hydrogen-bond acceptors (Lipinski definition) is 6. The first-order valence-corrected chi connectivity index (χ1v) is 9.09. The van der Waals surface area contributed by atoms with Gasteiger partial charge in [-0.05, 0) is 18.9 Å². The maximum atomic E-state index is 13.7. The van der Waals surface area contributed by atoms with Crippen molar-refractivity contribution in [2.75, 3.05) is 4.90 Å². The fourth-order valence-electron chi connectivity index (χ4n) is 2.79. The Balaban J connectivity index is 1.48. The van der Waals surface area contributed by atoms with Crippen molar-refractivity contribution >= 4 is 39.3 Å². The maximum Gasteiger partial charge on any atom is 0.342 e. The minimum absolute atomic E-state index is 0.00737. The Labute approximate surface area is 156 Å². The topological polar surface area (TPSA) is 72.6 Å². The molecule has 6 nitrogen and oxygen atoms in total. The molecule has 0 N–H and O–H groups in total. The highest BCUT2D eigenvalue weighted by Crippen LogP contribution is 2.34. The highest BCUT2D eigenvalue weighted by Gasteiger charge is 2.33. The number of fused-ring (bicyclic) bond motifs is 1. The van der Waals surface area contributed by atoms with E-state index in [0.717, 1.165) is 25.2 Å². The monoisotopic (exact) mass is 392 g/mol. The molecule has 0 radical (unpaired) electrons. The molecule has 1 fully saturated rings. The molecule has 2 heterocycles. The lowest BCUT2D eigenvalue weighted by molar-refractivity contribution is -0.116. The Morgan fingerprint density at radius 2 is 2.15 bits per heavy atom. The normalized spacial score (nSPS) is 13.7. The summed E-state index contributed by atoms with van der Waals surface area (Å²) in [5.41, 5.74) is 0.212. The second-order valence-electron chi connectivity index (χ2n) is 6.23. The molecule has 1 saturated carbocycles. The highest BCUT2D eigenvalue weighted by molar-refractivity contribution is 7.14. The fourth-order valence-corrected chi connectivity index (χ4v) is 3.71. The first-order valence-electron chi connectivity index (χ1n) is 8.21. The number of nitrogens with zero attached hydrogens (tertiary/aromatic N) is 2. The minimum Gasteiger partial charge on any atom is -0.460 e. The van der Waals surface area contributed by atoms with E-state index in [-0.39, 0.29) is 35.1 Å². The molecule has 0 unspecified atom stereocenters. The van der Waals surface area contributed by atoms with Gasteiger partial charge in [-0.3, -0.25) is 9.69 Å². The third-order valence-electron chi connectivity index (χ3n) is 4.16. The molecule has 1 aromatic carbocycles. The van der Waals surface area contributed by atoms with Crippen molar-refractivity contribution in [2.24, 2.45) is 0 Å². The van der Waals surface area contributed by atoms with Gasteiger partial charge in [-0.2, -0.15) is 0 Å². The van der Waals surface area contributed by atoms with Crippen LogP contribution in [-0.4, -0.2) is 22.9 Å². The largest absolute Gasteiger partial charge is 0.460 e. The van der Waals surface area contributed by atoms with Crippen LogP contribution in [0.25, 0.3) is 11.0 Å². The van der Waals surface area contributed by atoms with Crippen LogP contribution in [0.5, 0.6) is 0 Å². The number of carbonyl (C=O) groups is 2. The zero-order valence-electron chi connectivity index (χ0n) is 14.2. The number of benzene rings is 1. The molecule has 1 amide bonds. The molecule has 9 heteroatoms. The van der Waals surface area contributed by atoms with Gasteiger partial charge in [0.1, 0.15) is 24.3 Å². The van der Waals surface area contributed by atoms with E-state index in [1.165, 1.54) is 18.3 Å². The Morgan fingerprint density at radius 3 is 2.85 bits per heavy atom. The van der Waals surface area contributed by atoms with E-state index in [9.17, 15) is 18.4 Å². The molecule has 2 aromatic heterocycles. The molecule has 140 valence electrons. The van der Waals surface area contributed by atoms with Gasteiger partial charge in [0.05, 0.1) is 5.69 Å². The summed E-state index contributed by atoms with van der Waals surface area (Å²) in [4.78, 5) is 30.0. The fraction of sp³-hybridized carbons (Fsp3) is 0.278. The number of carbonyl (C=O) groups excluding carboxylic acids is 2. The molecule has 0 aliphatic heterocycles. The van der Waals surface area contributed by atoms with E-state index >= 15 is 0 Å². The number of anilines is 1. The SMILES string of the molecule is CC(=O)N(c1nc(COC(=O)c2coc3c(F)cc(F)cc23)cs1)C1CC1. The standard InChI is InChI=1S/C18H14F2N2O4S/c1-9(23)22(12-2-3-12)18-21-11(8-27-18)6-26-17(24)14-7-25-16-13(14)4-10(19)5-15(16)20/h4-5,7-8,12H,2-3,6H2,1H3. The van der Waals surface area contributed by atoms with Crippen LogP contribution in [0.2, 0.25) is 0 Å². The number of aromatic nitrogens is 1. The second kappa shape index (κ2) is 6.73. The lowest BCUT2D eigenvalue weighted by atomic mass is 10.1. The molecular formula is C18H14F2N2O4S. The van der Waals surface area contributed by atoms with Crippen molar-refractivity contribution in [3.63, 3.8) is 0 Å². The number of furan rings is 1. The number of amides is 1. The minimum atomic E-state index is -0.891. The maximum absolute atomic E-state index is 13.7. The smallest absolute Gasteiger partial charge is 0.342 e. The van der Waals surface area contributed by atoms with Gasteiger partial charge in [0.25, 0.3) is 0 Å². The van der Waals surface area contributed by atoms with Gasteiger partial charge in [-0.1, -0.05) is 0 Å². The van der Waals surface area contributed by atoms with Crippen molar-refractivity contribution in [3.05, 3.63) is 46.7 Å². The summed E-state index contributed by atoms with van der Waals surface area (Å²) in [6.45, 7) is 1.36. The number of hydrogen-bond donors (Lipinski definition) is 0. The molecule has 1 aliphatic rings. The summed E-state index contributed by atoms with van der Waals surface area (Å²) >= 11 is 1.29. The van der Waals surface area contributed by atoms with E-state index < -0.39 is 17.6 Å². The van der Waals surface area contributed by atoms with Crippen molar-refractivity contribution < 1.29 is 27.5 Å². The summed E-state index contributed by atoms with van der Waals surface area (Å²) in [6.07, 6.45) is 2.93. The Hall–Kier alpha value is -2.81. The summed E-state index contributed by atoms with van der Waals surface area (Å²) in [6, 6.07) is 1.88. The van der Waals surface area contributed by atoms with Gasteiger partial charge in [0, 0.05) is 29.8 Å². The first kappa shape index (κ1) is 17.6. The third kappa shape index (κ3) is 3.42. The van der Waals surface area contributed by atoms with E-state index in [2.05, 4.69) is 4.98 Å². The van der Waals surface area contributed by atoms with Gasteiger partial charge in [0.15, 0.2) is 16.5 Å². The zero-order valence-corrected chi connectivity index (χ0v) is 15.0. The van der Waals surface area contributed by atoms with Crippen LogP contribution in [0, 0.1) is 11.6 Å². The summed E-state index contributed by atoms with van der Waals surface area (Å²) < 4.78 is 37.3. The van der Waals surface area contributed by atoms with E-state index in [4.69, 9.17) is 9.15 Å². The number of halogens is 2. The number of esters is 1. The number of rotatable bonds is 5. The Kier molecular flexibility index (Phi) is 4.39. The van der Waals surface area contributed by atoms with Crippen LogP contribution in [0.4, 0.5) is 13.9 Å². The molecule has 0 saturated heterocycles. The molecule has 0 spiro atoms. The molecule has 4 rings (SSSR count). The van der Waals surface area contributed by atoms with Gasteiger partial charge >= 0.3 is 5.97 Å². The van der Waals surface area contributed by atoms with Crippen LogP contribution >= 0.6 is 11.3 Å². The zero-order chi connectivity index (χ0) is 19.1. The van der Waals surface area contributed by atoms with Gasteiger partial charge in [0.2, 0.25) is 5.91 Å². The van der Waals surface area contributed by atoms with Crippen LogP contribution in [-0.2, 0) is 16.1 Å². The third-order valence-corrected chi connectivity index (χ3v) is 5.05. The van der Waals surface area contributed by atoms with E-state index in [0.29, 0.717) is 16.9 Å². The lowest BCUT2D eigenvalue weighted by Gasteiger charge is -2.16. The molecular weight excluding hydrogens is 378 g/mol. The number of ether oxygens (including phenoxy) is 1. The van der Waals surface area contributed by atoms with Crippen molar-refractivity contribution in [1.82, 2.24) is 4.98 Å². The van der Waals surface area contributed by atoms with E-state index in [1.54, 1.807) is 10.3 Å². The average molecular weight is 392 g/mol. The second-order valence-corrected chi connectivity index (χ2v) is 7.07. The Morgan fingerprint density at radius 1 is 1.37 bits per heavy atom. The molecule has 0 atom stereocenters. The molecule has 1 aliphatic carbocycles. The van der Waals surface area contributed by atoms with Crippen molar-refractivity contribution in [1.29, 1.82) is 0 Å². The predicted octanol–water partition coefficient (Wildman–Crippen LogP) is 4.04. The number of thiazole rings is 1. The quantitative estimate of drug-likeness (QED) is 0.613. The van der Waals surface area contributed by atoms with Gasteiger partial charge in [-0.15, -0.1) is 11.3 Å². The average Bonchev–Trinajstić information content (AvgIpc) is 3.15. The van der Waals surface area contributed by atoms with Gasteiger partial charge < -0.3 is 9.15 Å². The Bertz CT molecular complexity index is 1040. The molecule has 0 bridgehead atoms. The van der Waals surface area contributed by atoms with Crippen LogP contribution in [0.1, 0.15) is 35.8 Å². The molecule has 3 aromatic rings. The predicted molar refractivity (Wildman–Crippen MR) is 93.5 cm³/mol. The summed E-state index contributed by atoms with van der Waals surface area (Å²) in [5, 5.41) is 2.27. The summed E-state index contributed by atoms with van der Waals surface area (Å²) in [7, 11) is 0. The van der Waals surface area contributed by atoms with Crippen LogP contribution in [0.15, 0.2) is 28.2 Å². The highest BCUT2D eigenvalue weighted by atomic mass is 32.1. The molecule has 27 heavy (non-hydrogen) atoms. The first-order chi connectivity index (χ1) is 12.9.